The first-order valence-electron chi connectivity index (χ1n) is 7.09. The fourth-order valence-electron chi connectivity index (χ4n) is 2.04. The Labute approximate surface area is 130 Å². The average Bonchev–Trinajstić information content (AvgIpc) is 2.95. The van der Waals surface area contributed by atoms with E-state index in [0.717, 1.165) is 28.0 Å². The molecule has 0 fully saturated rings. The molecule has 0 bridgehead atoms. The number of hydrogen-bond donors (Lipinski definition) is 2. The van der Waals surface area contributed by atoms with Gasteiger partial charge in [0.05, 0.1) is 5.54 Å². The summed E-state index contributed by atoms with van der Waals surface area (Å²) in [5.74, 6) is 2.84. The van der Waals surface area contributed by atoms with Gasteiger partial charge in [-0.05, 0) is 20.8 Å². The second-order valence-corrected chi connectivity index (χ2v) is 6.79. The summed E-state index contributed by atoms with van der Waals surface area (Å²) in [5.41, 5.74) is 0.749. The second kappa shape index (κ2) is 5.97. The summed E-state index contributed by atoms with van der Waals surface area (Å²) in [6.07, 6.45) is 1.83. The second-order valence-electron chi connectivity index (χ2n) is 5.90. The lowest BCUT2D eigenvalue weighted by Crippen LogP contribution is -2.29. The number of rotatable bonds is 5. The minimum absolute atomic E-state index is 0.271. The van der Waals surface area contributed by atoms with Crippen LogP contribution < -0.4 is 10.6 Å². The van der Waals surface area contributed by atoms with E-state index in [1.165, 1.54) is 0 Å². The normalized spacial score (nSPS) is 11.8. The van der Waals surface area contributed by atoms with E-state index in [1.54, 1.807) is 11.3 Å². The van der Waals surface area contributed by atoms with Gasteiger partial charge in [0, 0.05) is 30.1 Å². The van der Waals surface area contributed by atoms with Gasteiger partial charge in [0.1, 0.15) is 22.5 Å². The molecule has 0 amide bonds. The van der Waals surface area contributed by atoms with Crippen molar-refractivity contribution in [3.05, 3.63) is 28.0 Å². The van der Waals surface area contributed by atoms with E-state index in [2.05, 4.69) is 48.3 Å². The van der Waals surface area contributed by atoms with Crippen LogP contribution in [0.5, 0.6) is 0 Å². The molecule has 2 aromatic heterocycles. The molecule has 0 aromatic carbocycles. The van der Waals surface area contributed by atoms with E-state index >= 15 is 0 Å². The van der Waals surface area contributed by atoms with Crippen molar-refractivity contribution in [2.45, 2.75) is 46.1 Å². The zero-order chi connectivity index (χ0) is 15.6. The molecular weight excluding hydrogens is 282 g/mol. The summed E-state index contributed by atoms with van der Waals surface area (Å²) >= 11 is 1.64. The van der Waals surface area contributed by atoms with Gasteiger partial charge in [-0.25, -0.2) is 15.0 Å². The van der Waals surface area contributed by atoms with Crippen LogP contribution in [0.25, 0.3) is 0 Å². The molecule has 6 heteroatoms. The third kappa shape index (κ3) is 3.32. The van der Waals surface area contributed by atoms with Gasteiger partial charge in [0.25, 0.3) is 0 Å². The fourth-order valence-corrected chi connectivity index (χ4v) is 2.76. The molecule has 2 aromatic rings. The number of aromatic nitrogens is 3. The molecular formula is C15H23N5S. The molecule has 0 aliphatic rings. The van der Waals surface area contributed by atoms with E-state index in [9.17, 15) is 0 Å². The van der Waals surface area contributed by atoms with Crippen LogP contribution in [0.4, 0.5) is 11.6 Å². The largest absolute Gasteiger partial charge is 0.373 e. The first-order valence-corrected chi connectivity index (χ1v) is 7.97. The smallest absolute Gasteiger partial charge is 0.135 e. The maximum absolute atomic E-state index is 4.69. The Kier molecular flexibility index (Phi) is 4.46. The predicted molar refractivity (Wildman–Crippen MR) is 89.2 cm³/mol. The average molecular weight is 305 g/mol. The number of anilines is 2. The van der Waals surface area contributed by atoms with Gasteiger partial charge < -0.3 is 10.6 Å². The van der Waals surface area contributed by atoms with E-state index in [0.29, 0.717) is 0 Å². The summed E-state index contributed by atoms with van der Waals surface area (Å²) in [6.45, 7) is 10.4. The van der Waals surface area contributed by atoms with Crippen LogP contribution in [0.15, 0.2) is 11.6 Å². The SMILES string of the molecule is CNc1nc(C(C)C)nc(NC(C)(C)c2nccs2)c1C. The van der Waals surface area contributed by atoms with Crippen molar-refractivity contribution in [2.75, 3.05) is 17.7 Å². The minimum atomic E-state index is -0.271. The highest BCUT2D eigenvalue weighted by molar-refractivity contribution is 7.09. The molecule has 0 saturated carbocycles. The minimum Gasteiger partial charge on any atom is -0.373 e. The topological polar surface area (TPSA) is 62.7 Å². The number of nitrogens with one attached hydrogen (secondary N) is 2. The first-order chi connectivity index (χ1) is 9.85. The molecule has 2 heterocycles. The van der Waals surface area contributed by atoms with Crippen LogP contribution in [-0.4, -0.2) is 22.0 Å². The van der Waals surface area contributed by atoms with Crippen LogP contribution in [-0.2, 0) is 5.54 Å². The molecule has 0 atom stereocenters. The molecule has 5 nitrogen and oxygen atoms in total. The summed E-state index contributed by atoms with van der Waals surface area (Å²) in [5, 5.41) is 9.69. The van der Waals surface area contributed by atoms with Crippen LogP contribution in [0, 0.1) is 6.92 Å². The zero-order valence-electron chi connectivity index (χ0n) is 13.5. The van der Waals surface area contributed by atoms with Crippen LogP contribution in [0.3, 0.4) is 0 Å². The van der Waals surface area contributed by atoms with E-state index < -0.39 is 0 Å². The maximum atomic E-state index is 4.69. The molecule has 0 unspecified atom stereocenters. The summed E-state index contributed by atoms with van der Waals surface area (Å²) < 4.78 is 0. The van der Waals surface area contributed by atoms with Gasteiger partial charge in [-0.3, -0.25) is 0 Å². The van der Waals surface area contributed by atoms with Crippen molar-refractivity contribution in [2.24, 2.45) is 0 Å². The molecule has 2 N–H and O–H groups in total. The Balaban J connectivity index is 2.41. The van der Waals surface area contributed by atoms with E-state index in [1.807, 2.05) is 25.5 Å². The van der Waals surface area contributed by atoms with Crippen molar-refractivity contribution >= 4 is 23.0 Å². The Morgan fingerprint density at radius 2 is 1.86 bits per heavy atom. The summed E-state index contributed by atoms with van der Waals surface area (Å²) in [6, 6.07) is 0. The third-order valence-electron chi connectivity index (χ3n) is 3.31. The number of thiazole rings is 1. The Bertz CT molecular complexity index is 605. The van der Waals surface area contributed by atoms with Gasteiger partial charge in [0.2, 0.25) is 0 Å². The Morgan fingerprint density at radius 1 is 1.19 bits per heavy atom. The zero-order valence-corrected chi connectivity index (χ0v) is 14.3. The van der Waals surface area contributed by atoms with Crippen molar-refractivity contribution in [1.29, 1.82) is 0 Å². The molecule has 2 rings (SSSR count). The van der Waals surface area contributed by atoms with Gasteiger partial charge in [-0.1, -0.05) is 13.8 Å². The van der Waals surface area contributed by atoms with Crippen molar-refractivity contribution in [1.82, 2.24) is 15.0 Å². The van der Waals surface area contributed by atoms with Crippen LogP contribution >= 0.6 is 11.3 Å². The molecule has 0 radical (unpaired) electrons. The molecule has 0 aliphatic heterocycles. The van der Waals surface area contributed by atoms with Crippen molar-refractivity contribution in [3.63, 3.8) is 0 Å². The maximum Gasteiger partial charge on any atom is 0.135 e. The van der Waals surface area contributed by atoms with Gasteiger partial charge in [-0.15, -0.1) is 11.3 Å². The highest BCUT2D eigenvalue weighted by Crippen LogP contribution is 2.30. The lowest BCUT2D eigenvalue weighted by molar-refractivity contribution is 0.598. The quantitative estimate of drug-likeness (QED) is 0.881. The number of nitrogens with zero attached hydrogens (tertiary/aromatic N) is 3. The van der Waals surface area contributed by atoms with Crippen LogP contribution in [0.1, 0.15) is 50.0 Å². The lowest BCUT2D eigenvalue weighted by atomic mass is 10.1. The standard InChI is InChI=1S/C15H23N5S/c1-9(2)11-18-12(16-6)10(3)13(19-11)20-15(4,5)14-17-7-8-21-14/h7-9H,1-6H3,(H2,16,18,19,20). The highest BCUT2D eigenvalue weighted by Gasteiger charge is 2.25. The molecule has 21 heavy (non-hydrogen) atoms. The van der Waals surface area contributed by atoms with Crippen LogP contribution in [0.2, 0.25) is 0 Å². The summed E-state index contributed by atoms with van der Waals surface area (Å²) in [7, 11) is 1.88. The predicted octanol–water partition coefficient (Wildman–Crippen LogP) is 3.75. The van der Waals surface area contributed by atoms with Gasteiger partial charge in [0.15, 0.2) is 0 Å². The molecule has 0 aliphatic carbocycles. The number of hydrogen-bond acceptors (Lipinski definition) is 6. The summed E-state index contributed by atoms with van der Waals surface area (Å²) in [4.78, 5) is 13.7. The molecule has 114 valence electrons. The highest BCUT2D eigenvalue weighted by atomic mass is 32.1. The molecule has 0 spiro atoms. The molecule has 0 saturated heterocycles. The lowest BCUT2D eigenvalue weighted by Gasteiger charge is -2.26. The monoisotopic (exact) mass is 305 g/mol. The third-order valence-corrected chi connectivity index (χ3v) is 4.41. The Morgan fingerprint density at radius 3 is 2.38 bits per heavy atom. The van der Waals surface area contributed by atoms with Crippen molar-refractivity contribution in [3.8, 4) is 0 Å². The van der Waals surface area contributed by atoms with Gasteiger partial charge >= 0.3 is 0 Å². The van der Waals surface area contributed by atoms with Gasteiger partial charge in [-0.2, -0.15) is 0 Å². The first kappa shape index (κ1) is 15.7. The van der Waals surface area contributed by atoms with E-state index in [-0.39, 0.29) is 11.5 Å². The van der Waals surface area contributed by atoms with E-state index in [4.69, 9.17) is 4.98 Å². The Hall–Kier alpha value is -1.69. The fraction of sp³-hybridized carbons (Fsp3) is 0.533. The van der Waals surface area contributed by atoms with Crippen molar-refractivity contribution < 1.29 is 0 Å².